The standard InChI is InChI=1S/C15H24ClN/c1-5-9-17-14(11-15(2,3)4)12-7-6-8-13(16)10-12/h6-8,10,14,17H,5,9,11H2,1-4H3. The molecule has 0 amide bonds. The van der Waals surface area contributed by atoms with Crippen LogP contribution in [0.5, 0.6) is 0 Å². The molecular weight excluding hydrogens is 230 g/mol. The molecular formula is C15H24ClN. The fourth-order valence-electron chi connectivity index (χ4n) is 1.96. The van der Waals surface area contributed by atoms with Gasteiger partial charge in [0, 0.05) is 11.1 Å². The van der Waals surface area contributed by atoms with Crippen LogP contribution in [0.2, 0.25) is 5.02 Å². The molecule has 0 saturated heterocycles. The Balaban J connectivity index is 2.81. The lowest BCUT2D eigenvalue weighted by molar-refractivity contribution is 0.311. The van der Waals surface area contributed by atoms with Crippen LogP contribution in [0.4, 0.5) is 0 Å². The van der Waals surface area contributed by atoms with Crippen molar-refractivity contribution in [3.05, 3.63) is 34.9 Å². The van der Waals surface area contributed by atoms with E-state index in [1.165, 1.54) is 5.56 Å². The van der Waals surface area contributed by atoms with Crippen LogP contribution in [-0.4, -0.2) is 6.54 Å². The lowest BCUT2D eigenvalue weighted by Crippen LogP contribution is -2.26. The Morgan fingerprint density at radius 1 is 1.29 bits per heavy atom. The number of halogens is 1. The quantitative estimate of drug-likeness (QED) is 0.794. The molecule has 1 nitrogen and oxygen atoms in total. The Hall–Kier alpha value is -0.530. The molecule has 0 aliphatic rings. The fraction of sp³-hybridized carbons (Fsp3) is 0.600. The SMILES string of the molecule is CCCNC(CC(C)(C)C)c1cccc(Cl)c1. The molecule has 1 N–H and O–H groups in total. The van der Waals surface area contributed by atoms with Crippen molar-refractivity contribution in [2.24, 2.45) is 5.41 Å². The maximum absolute atomic E-state index is 6.07. The van der Waals surface area contributed by atoms with Crippen LogP contribution in [0, 0.1) is 5.41 Å². The van der Waals surface area contributed by atoms with E-state index in [-0.39, 0.29) is 0 Å². The molecule has 0 aliphatic carbocycles. The van der Waals surface area contributed by atoms with Crippen molar-refractivity contribution in [3.8, 4) is 0 Å². The minimum atomic E-state index is 0.313. The van der Waals surface area contributed by atoms with Crippen LogP contribution in [-0.2, 0) is 0 Å². The summed E-state index contributed by atoms with van der Waals surface area (Å²) in [4.78, 5) is 0. The second kappa shape index (κ2) is 6.42. The molecule has 0 radical (unpaired) electrons. The second-order valence-electron chi connectivity index (χ2n) is 5.83. The number of hydrogen-bond acceptors (Lipinski definition) is 1. The van der Waals surface area contributed by atoms with Gasteiger partial charge in [0.05, 0.1) is 0 Å². The van der Waals surface area contributed by atoms with Gasteiger partial charge in [0.25, 0.3) is 0 Å². The zero-order valence-electron chi connectivity index (χ0n) is 11.4. The molecule has 17 heavy (non-hydrogen) atoms. The average Bonchev–Trinajstić information content (AvgIpc) is 2.22. The van der Waals surface area contributed by atoms with E-state index in [0.29, 0.717) is 11.5 Å². The zero-order chi connectivity index (χ0) is 12.9. The predicted octanol–water partition coefficient (Wildman–Crippen LogP) is 4.82. The molecule has 0 fully saturated rings. The van der Waals surface area contributed by atoms with E-state index in [0.717, 1.165) is 24.4 Å². The van der Waals surface area contributed by atoms with Crippen LogP contribution >= 0.6 is 11.6 Å². The van der Waals surface area contributed by atoms with Gasteiger partial charge in [0.15, 0.2) is 0 Å². The molecule has 0 aliphatic heterocycles. The van der Waals surface area contributed by atoms with Gasteiger partial charge >= 0.3 is 0 Å². The van der Waals surface area contributed by atoms with Crippen molar-refractivity contribution in [2.45, 2.75) is 46.6 Å². The minimum absolute atomic E-state index is 0.313. The Morgan fingerprint density at radius 3 is 2.53 bits per heavy atom. The first-order valence-corrected chi connectivity index (χ1v) is 6.79. The van der Waals surface area contributed by atoms with Crippen molar-refractivity contribution in [1.29, 1.82) is 0 Å². The van der Waals surface area contributed by atoms with Gasteiger partial charge in [-0.1, -0.05) is 51.4 Å². The van der Waals surface area contributed by atoms with E-state index < -0.39 is 0 Å². The number of hydrogen-bond donors (Lipinski definition) is 1. The molecule has 0 saturated carbocycles. The maximum atomic E-state index is 6.07. The molecule has 0 heterocycles. The molecule has 1 aromatic rings. The highest BCUT2D eigenvalue weighted by Gasteiger charge is 2.19. The van der Waals surface area contributed by atoms with Crippen molar-refractivity contribution in [3.63, 3.8) is 0 Å². The van der Waals surface area contributed by atoms with E-state index >= 15 is 0 Å². The predicted molar refractivity (Wildman–Crippen MR) is 76.6 cm³/mol. The Labute approximate surface area is 111 Å². The summed E-state index contributed by atoms with van der Waals surface area (Å²) in [6, 6.07) is 8.58. The first-order chi connectivity index (χ1) is 7.92. The van der Waals surface area contributed by atoms with Crippen LogP contribution in [0.25, 0.3) is 0 Å². The van der Waals surface area contributed by atoms with Crippen molar-refractivity contribution >= 4 is 11.6 Å². The summed E-state index contributed by atoms with van der Waals surface area (Å²) in [5.74, 6) is 0. The van der Waals surface area contributed by atoms with Crippen molar-refractivity contribution in [2.75, 3.05) is 6.54 Å². The third-order valence-corrected chi connectivity index (χ3v) is 2.94. The van der Waals surface area contributed by atoms with Gasteiger partial charge in [-0.05, 0) is 42.5 Å². The summed E-state index contributed by atoms with van der Waals surface area (Å²) in [7, 11) is 0. The summed E-state index contributed by atoms with van der Waals surface area (Å²) in [6.07, 6.45) is 2.27. The molecule has 1 aromatic carbocycles. The lowest BCUT2D eigenvalue weighted by atomic mass is 9.85. The van der Waals surface area contributed by atoms with E-state index in [9.17, 15) is 0 Å². The summed E-state index contributed by atoms with van der Waals surface area (Å²) < 4.78 is 0. The largest absolute Gasteiger partial charge is 0.310 e. The smallest absolute Gasteiger partial charge is 0.0409 e. The second-order valence-corrected chi connectivity index (χ2v) is 6.26. The molecule has 0 bridgehead atoms. The van der Waals surface area contributed by atoms with Gasteiger partial charge in [0.2, 0.25) is 0 Å². The van der Waals surface area contributed by atoms with Crippen molar-refractivity contribution in [1.82, 2.24) is 5.32 Å². The number of benzene rings is 1. The Kier molecular flexibility index (Phi) is 5.48. The average molecular weight is 254 g/mol. The molecule has 1 atom stereocenters. The van der Waals surface area contributed by atoms with Gasteiger partial charge in [-0.25, -0.2) is 0 Å². The highest BCUT2D eigenvalue weighted by atomic mass is 35.5. The summed E-state index contributed by atoms with van der Waals surface area (Å²) in [6.45, 7) is 10.1. The highest BCUT2D eigenvalue weighted by Crippen LogP contribution is 2.30. The molecule has 96 valence electrons. The lowest BCUT2D eigenvalue weighted by Gasteiger charge is -2.27. The van der Waals surface area contributed by atoms with Gasteiger partial charge < -0.3 is 5.32 Å². The van der Waals surface area contributed by atoms with Crippen LogP contribution < -0.4 is 5.32 Å². The maximum Gasteiger partial charge on any atom is 0.0409 e. The molecule has 1 unspecified atom stereocenters. The first-order valence-electron chi connectivity index (χ1n) is 6.41. The van der Waals surface area contributed by atoms with E-state index in [4.69, 9.17) is 11.6 Å². The monoisotopic (exact) mass is 253 g/mol. The molecule has 0 spiro atoms. The highest BCUT2D eigenvalue weighted by molar-refractivity contribution is 6.30. The molecule has 1 rings (SSSR count). The third-order valence-electron chi connectivity index (χ3n) is 2.71. The molecule has 0 aromatic heterocycles. The number of nitrogens with one attached hydrogen (secondary N) is 1. The van der Waals surface area contributed by atoms with E-state index in [1.807, 2.05) is 12.1 Å². The van der Waals surface area contributed by atoms with Gasteiger partial charge in [-0.15, -0.1) is 0 Å². The summed E-state index contributed by atoms with van der Waals surface area (Å²) in [5.41, 5.74) is 1.61. The summed E-state index contributed by atoms with van der Waals surface area (Å²) >= 11 is 6.07. The van der Waals surface area contributed by atoms with E-state index in [2.05, 4.69) is 45.1 Å². The summed E-state index contributed by atoms with van der Waals surface area (Å²) in [5, 5.41) is 4.43. The zero-order valence-corrected chi connectivity index (χ0v) is 12.1. The van der Waals surface area contributed by atoms with Crippen LogP contribution in [0.15, 0.2) is 24.3 Å². The third kappa shape index (κ3) is 5.56. The van der Waals surface area contributed by atoms with Crippen molar-refractivity contribution < 1.29 is 0 Å². The van der Waals surface area contributed by atoms with Crippen LogP contribution in [0.1, 0.15) is 52.1 Å². The normalized spacial score (nSPS) is 13.7. The number of rotatable bonds is 5. The topological polar surface area (TPSA) is 12.0 Å². The van der Waals surface area contributed by atoms with E-state index in [1.54, 1.807) is 0 Å². The molecule has 2 heteroatoms. The Morgan fingerprint density at radius 2 is 2.00 bits per heavy atom. The van der Waals surface area contributed by atoms with Gasteiger partial charge in [-0.3, -0.25) is 0 Å². The fourth-order valence-corrected chi connectivity index (χ4v) is 2.16. The Bertz CT molecular complexity index is 341. The minimum Gasteiger partial charge on any atom is -0.310 e. The van der Waals surface area contributed by atoms with Gasteiger partial charge in [-0.2, -0.15) is 0 Å². The first kappa shape index (κ1) is 14.5. The van der Waals surface area contributed by atoms with Gasteiger partial charge in [0.1, 0.15) is 0 Å². The van der Waals surface area contributed by atoms with Crippen LogP contribution in [0.3, 0.4) is 0 Å².